The molecule has 0 amide bonds. The molecular formula is C11H22N2O2. The zero-order chi connectivity index (χ0) is 10.9. The minimum Gasteiger partial charge on any atom is -0.382 e. The van der Waals surface area contributed by atoms with Crippen LogP contribution in [-0.2, 0) is 9.47 Å². The standard InChI is InChI=1S/C11H22N2O2/c1-14-9-10-15-8-4-7-13-6-3-2-5-11(13)12/h12H,2-10H2,1H3. The summed E-state index contributed by atoms with van der Waals surface area (Å²) in [7, 11) is 1.68. The second-order valence-electron chi connectivity index (χ2n) is 3.85. The van der Waals surface area contributed by atoms with Crippen molar-refractivity contribution in [2.24, 2.45) is 0 Å². The van der Waals surface area contributed by atoms with Crippen molar-refractivity contribution in [1.29, 1.82) is 5.41 Å². The lowest BCUT2D eigenvalue weighted by Gasteiger charge is -2.29. The van der Waals surface area contributed by atoms with Crippen molar-refractivity contribution >= 4 is 5.84 Å². The Morgan fingerprint density at radius 1 is 1.27 bits per heavy atom. The van der Waals surface area contributed by atoms with Crippen molar-refractivity contribution < 1.29 is 9.47 Å². The minimum atomic E-state index is 0.666. The van der Waals surface area contributed by atoms with Crippen molar-refractivity contribution in [1.82, 2.24) is 4.90 Å². The highest BCUT2D eigenvalue weighted by molar-refractivity contribution is 5.79. The molecule has 4 heteroatoms. The Morgan fingerprint density at radius 3 is 2.87 bits per heavy atom. The van der Waals surface area contributed by atoms with E-state index in [1.807, 2.05) is 0 Å². The summed E-state index contributed by atoms with van der Waals surface area (Å²) in [6.07, 6.45) is 4.36. The van der Waals surface area contributed by atoms with Gasteiger partial charge in [-0.15, -0.1) is 0 Å². The monoisotopic (exact) mass is 214 g/mol. The van der Waals surface area contributed by atoms with Crippen molar-refractivity contribution in [3.8, 4) is 0 Å². The van der Waals surface area contributed by atoms with Gasteiger partial charge < -0.3 is 14.4 Å². The van der Waals surface area contributed by atoms with Crippen molar-refractivity contribution in [3.63, 3.8) is 0 Å². The Kier molecular flexibility index (Phi) is 6.36. The van der Waals surface area contributed by atoms with Crippen LogP contribution in [0, 0.1) is 5.41 Å². The summed E-state index contributed by atoms with van der Waals surface area (Å²) in [6.45, 7) is 4.13. The molecule has 1 saturated heterocycles. The van der Waals surface area contributed by atoms with Crippen LogP contribution >= 0.6 is 0 Å². The number of amidine groups is 1. The van der Waals surface area contributed by atoms with E-state index in [9.17, 15) is 0 Å². The molecule has 0 aromatic rings. The largest absolute Gasteiger partial charge is 0.382 e. The summed E-state index contributed by atoms with van der Waals surface area (Å²) >= 11 is 0. The van der Waals surface area contributed by atoms with E-state index in [0.29, 0.717) is 13.2 Å². The predicted octanol–water partition coefficient (Wildman–Crippen LogP) is 1.50. The van der Waals surface area contributed by atoms with Crippen LogP contribution in [0.3, 0.4) is 0 Å². The molecule has 0 spiro atoms. The Balaban J connectivity index is 1.96. The van der Waals surface area contributed by atoms with Gasteiger partial charge >= 0.3 is 0 Å². The number of nitrogens with zero attached hydrogens (tertiary/aromatic N) is 1. The summed E-state index contributed by atoms with van der Waals surface area (Å²) in [6, 6.07) is 0. The maximum atomic E-state index is 7.76. The lowest BCUT2D eigenvalue weighted by molar-refractivity contribution is 0.0672. The highest BCUT2D eigenvalue weighted by Crippen LogP contribution is 2.10. The molecule has 0 atom stereocenters. The van der Waals surface area contributed by atoms with E-state index in [-0.39, 0.29) is 0 Å². The summed E-state index contributed by atoms with van der Waals surface area (Å²) < 4.78 is 10.3. The molecule has 15 heavy (non-hydrogen) atoms. The highest BCUT2D eigenvalue weighted by atomic mass is 16.5. The van der Waals surface area contributed by atoms with Crippen LogP contribution < -0.4 is 0 Å². The summed E-state index contributed by atoms with van der Waals surface area (Å²) in [4.78, 5) is 2.17. The molecule has 0 bridgehead atoms. The number of piperidine rings is 1. The molecule has 1 aliphatic rings. The minimum absolute atomic E-state index is 0.666. The molecule has 0 unspecified atom stereocenters. The van der Waals surface area contributed by atoms with Crippen LogP contribution in [0.15, 0.2) is 0 Å². The van der Waals surface area contributed by atoms with Gasteiger partial charge in [-0.05, 0) is 19.3 Å². The SMILES string of the molecule is COCCOCCCN1CCCCC1=N. The average molecular weight is 214 g/mol. The number of hydrogen-bond acceptors (Lipinski definition) is 3. The van der Waals surface area contributed by atoms with E-state index >= 15 is 0 Å². The van der Waals surface area contributed by atoms with Gasteiger partial charge in [-0.3, -0.25) is 5.41 Å². The van der Waals surface area contributed by atoms with Gasteiger partial charge in [-0.2, -0.15) is 0 Å². The van der Waals surface area contributed by atoms with E-state index in [1.54, 1.807) is 7.11 Å². The summed E-state index contributed by atoms with van der Waals surface area (Å²) in [5.74, 6) is 0.804. The number of rotatable bonds is 7. The van der Waals surface area contributed by atoms with E-state index in [2.05, 4.69) is 4.90 Å². The lowest BCUT2D eigenvalue weighted by Crippen LogP contribution is -2.35. The molecule has 88 valence electrons. The molecule has 0 aliphatic carbocycles. The Bertz CT molecular complexity index is 185. The highest BCUT2D eigenvalue weighted by Gasteiger charge is 2.13. The molecule has 1 aliphatic heterocycles. The fourth-order valence-corrected chi connectivity index (χ4v) is 1.74. The molecule has 0 saturated carbocycles. The van der Waals surface area contributed by atoms with Gasteiger partial charge in [0.1, 0.15) is 0 Å². The molecule has 1 N–H and O–H groups in total. The fraction of sp³-hybridized carbons (Fsp3) is 0.909. The van der Waals surface area contributed by atoms with Gasteiger partial charge in [0, 0.05) is 33.2 Å². The topological polar surface area (TPSA) is 45.6 Å². The molecule has 1 rings (SSSR count). The van der Waals surface area contributed by atoms with Crippen molar-refractivity contribution in [2.75, 3.05) is 40.0 Å². The van der Waals surface area contributed by atoms with Gasteiger partial charge in [0.2, 0.25) is 0 Å². The van der Waals surface area contributed by atoms with Crippen LogP contribution in [0.25, 0.3) is 0 Å². The first kappa shape index (κ1) is 12.5. The first-order chi connectivity index (χ1) is 7.34. The first-order valence-electron chi connectivity index (χ1n) is 5.73. The fourth-order valence-electron chi connectivity index (χ4n) is 1.74. The van der Waals surface area contributed by atoms with Crippen LogP contribution in [0.4, 0.5) is 0 Å². The molecular weight excluding hydrogens is 192 g/mol. The van der Waals surface area contributed by atoms with Gasteiger partial charge in [0.15, 0.2) is 0 Å². The summed E-state index contributed by atoms with van der Waals surface area (Å²) in [5.41, 5.74) is 0. The zero-order valence-corrected chi connectivity index (χ0v) is 9.63. The predicted molar refractivity (Wildman–Crippen MR) is 60.5 cm³/mol. The normalized spacial score (nSPS) is 17.1. The number of nitrogens with one attached hydrogen (secondary N) is 1. The van der Waals surface area contributed by atoms with Crippen molar-refractivity contribution in [2.45, 2.75) is 25.7 Å². The molecule has 0 aromatic carbocycles. The Labute approximate surface area is 92.1 Å². The van der Waals surface area contributed by atoms with Crippen LogP contribution in [0.1, 0.15) is 25.7 Å². The molecule has 0 aromatic heterocycles. The van der Waals surface area contributed by atoms with E-state index in [0.717, 1.165) is 38.4 Å². The maximum Gasteiger partial charge on any atom is 0.0957 e. The third-order valence-corrected chi connectivity index (χ3v) is 2.62. The Hall–Kier alpha value is -0.610. The second kappa shape index (κ2) is 7.65. The average Bonchev–Trinajstić information content (AvgIpc) is 2.25. The third-order valence-electron chi connectivity index (χ3n) is 2.62. The molecule has 4 nitrogen and oxygen atoms in total. The van der Waals surface area contributed by atoms with Crippen LogP contribution in [0.5, 0.6) is 0 Å². The number of methoxy groups -OCH3 is 1. The zero-order valence-electron chi connectivity index (χ0n) is 9.63. The second-order valence-corrected chi connectivity index (χ2v) is 3.85. The van der Waals surface area contributed by atoms with Crippen LogP contribution in [0.2, 0.25) is 0 Å². The van der Waals surface area contributed by atoms with Gasteiger partial charge in [-0.25, -0.2) is 0 Å². The van der Waals surface area contributed by atoms with Gasteiger partial charge in [0.25, 0.3) is 0 Å². The molecule has 1 fully saturated rings. The van der Waals surface area contributed by atoms with Crippen LogP contribution in [-0.4, -0.2) is 50.8 Å². The summed E-state index contributed by atoms with van der Waals surface area (Å²) in [5, 5.41) is 7.76. The quantitative estimate of drug-likeness (QED) is 0.653. The number of ether oxygens (including phenoxy) is 2. The lowest BCUT2D eigenvalue weighted by atomic mass is 10.1. The number of hydrogen-bond donors (Lipinski definition) is 1. The van der Waals surface area contributed by atoms with Gasteiger partial charge in [0.05, 0.1) is 19.0 Å². The van der Waals surface area contributed by atoms with E-state index in [4.69, 9.17) is 14.9 Å². The maximum absolute atomic E-state index is 7.76. The smallest absolute Gasteiger partial charge is 0.0957 e. The van der Waals surface area contributed by atoms with E-state index < -0.39 is 0 Å². The van der Waals surface area contributed by atoms with Crippen molar-refractivity contribution in [3.05, 3.63) is 0 Å². The molecule has 0 radical (unpaired) electrons. The first-order valence-corrected chi connectivity index (χ1v) is 5.73. The number of likely N-dealkylation sites (tertiary alicyclic amines) is 1. The molecule has 1 heterocycles. The Morgan fingerprint density at radius 2 is 2.13 bits per heavy atom. The third kappa shape index (κ3) is 5.14. The van der Waals surface area contributed by atoms with Gasteiger partial charge in [-0.1, -0.05) is 0 Å². The van der Waals surface area contributed by atoms with E-state index in [1.165, 1.54) is 12.8 Å².